The Kier molecular flexibility index (Phi) is 3.84. The van der Waals surface area contributed by atoms with Crippen molar-refractivity contribution >= 4 is 17.9 Å². The SMILES string of the molecule is Cc1ccc(NCC(O)c2c[nH]c(=S)o2)c(C)c1. The van der Waals surface area contributed by atoms with Crippen molar-refractivity contribution in [2.45, 2.75) is 20.0 Å². The maximum atomic E-state index is 9.92. The minimum absolute atomic E-state index is 0.274. The Morgan fingerprint density at radius 3 is 2.83 bits per heavy atom. The lowest BCUT2D eigenvalue weighted by atomic mass is 10.1. The predicted molar refractivity (Wildman–Crippen MR) is 73.3 cm³/mol. The third kappa shape index (κ3) is 3.00. The third-order valence-corrected chi connectivity index (χ3v) is 2.94. The zero-order chi connectivity index (χ0) is 13.1. The summed E-state index contributed by atoms with van der Waals surface area (Å²) in [5.74, 6) is 0.442. The molecule has 4 nitrogen and oxygen atoms in total. The molecule has 0 aliphatic rings. The molecular formula is C13H16N2O2S. The second-order valence-corrected chi connectivity index (χ2v) is 4.67. The maximum Gasteiger partial charge on any atom is 0.266 e. The highest BCUT2D eigenvalue weighted by Crippen LogP contribution is 2.18. The van der Waals surface area contributed by atoms with Gasteiger partial charge in [0.25, 0.3) is 4.84 Å². The fraction of sp³-hybridized carbons (Fsp3) is 0.308. The van der Waals surface area contributed by atoms with Crippen LogP contribution in [0, 0.1) is 18.7 Å². The van der Waals surface area contributed by atoms with Crippen molar-refractivity contribution in [3.63, 3.8) is 0 Å². The van der Waals surface area contributed by atoms with Gasteiger partial charge in [-0.1, -0.05) is 17.7 Å². The minimum Gasteiger partial charge on any atom is -0.432 e. The second-order valence-electron chi connectivity index (χ2n) is 4.30. The van der Waals surface area contributed by atoms with Gasteiger partial charge in [0, 0.05) is 18.4 Å². The van der Waals surface area contributed by atoms with E-state index in [1.165, 1.54) is 5.56 Å². The van der Waals surface area contributed by atoms with Crippen LogP contribution in [0.5, 0.6) is 0 Å². The molecule has 0 spiro atoms. The Morgan fingerprint density at radius 1 is 1.44 bits per heavy atom. The molecule has 0 saturated carbocycles. The number of oxazole rings is 1. The molecular weight excluding hydrogens is 248 g/mol. The number of hydrogen-bond donors (Lipinski definition) is 3. The summed E-state index contributed by atoms with van der Waals surface area (Å²) in [5, 5.41) is 13.1. The van der Waals surface area contributed by atoms with Crippen molar-refractivity contribution in [1.82, 2.24) is 4.98 Å². The zero-order valence-corrected chi connectivity index (χ0v) is 11.2. The molecule has 96 valence electrons. The Hall–Kier alpha value is -1.59. The molecule has 0 bridgehead atoms. The van der Waals surface area contributed by atoms with Crippen LogP contribution in [0.1, 0.15) is 23.0 Å². The number of benzene rings is 1. The Balaban J connectivity index is 2.01. The molecule has 18 heavy (non-hydrogen) atoms. The lowest BCUT2D eigenvalue weighted by molar-refractivity contribution is 0.161. The van der Waals surface area contributed by atoms with Gasteiger partial charge in [0.05, 0.1) is 0 Å². The number of aliphatic hydroxyl groups is 1. The lowest BCUT2D eigenvalue weighted by Crippen LogP contribution is -2.12. The predicted octanol–water partition coefficient (Wildman–Crippen LogP) is 3.10. The number of anilines is 1. The first-order valence-corrected chi connectivity index (χ1v) is 6.14. The highest BCUT2D eigenvalue weighted by molar-refractivity contribution is 7.71. The van der Waals surface area contributed by atoms with Crippen LogP contribution in [0.25, 0.3) is 0 Å². The summed E-state index contributed by atoms with van der Waals surface area (Å²) in [5.41, 5.74) is 3.38. The van der Waals surface area contributed by atoms with E-state index in [4.69, 9.17) is 16.6 Å². The summed E-state index contributed by atoms with van der Waals surface area (Å²) in [6.07, 6.45) is 0.857. The number of H-pyrrole nitrogens is 1. The van der Waals surface area contributed by atoms with E-state index in [9.17, 15) is 5.11 Å². The number of aromatic amines is 1. The summed E-state index contributed by atoms with van der Waals surface area (Å²) in [6, 6.07) is 6.13. The largest absolute Gasteiger partial charge is 0.432 e. The number of nitrogens with one attached hydrogen (secondary N) is 2. The summed E-state index contributed by atoms with van der Waals surface area (Å²) in [4.78, 5) is 3.00. The van der Waals surface area contributed by atoms with Crippen LogP contribution in [0.3, 0.4) is 0 Å². The molecule has 1 aromatic carbocycles. The second kappa shape index (κ2) is 5.37. The van der Waals surface area contributed by atoms with Crippen LogP contribution < -0.4 is 5.32 Å². The molecule has 2 rings (SSSR count). The van der Waals surface area contributed by atoms with E-state index >= 15 is 0 Å². The fourth-order valence-corrected chi connectivity index (χ4v) is 1.93. The van der Waals surface area contributed by atoms with Crippen molar-refractivity contribution in [2.24, 2.45) is 0 Å². The average molecular weight is 264 g/mol. The van der Waals surface area contributed by atoms with Crippen LogP contribution in [0.2, 0.25) is 0 Å². The molecule has 0 radical (unpaired) electrons. The first-order valence-electron chi connectivity index (χ1n) is 5.74. The van der Waals surface area contributed by atoms with Crippen LogP contribution in [0.4, 0.5) is 5.69 Å². The van der Waals surface area contributed by atoms with Crippen LogP contribution in [-0.4, -0.2) is 16.6 Å². The third-order valence-electron chi connectivity index (χ3n) is 2.74. The van der Waals surface area contributed by atoms with Crippen LogP contribution in [-0.2, 0) is 0 Å². The lowest BCUT2D eigenvalue weighted by Gasteiger charge is -2.12. The first kappa shape index (κ1) is 12.9. The number of hydrogen-bond acceptors (Lipinski definition) is 4. The van der Waals surface area contributed by atoms with Crippen molar-refractivity contribution in [2.75, 3.05) is 11.9 Å². The van der Waals surface area contributed by atoms with Crippen LogP contribution in [0.15, 0.2) is 28.8 Å². The molecule has 5 heteroatoms. The molecule has 2 aromatic rings. The molecule has 0 fully saturated rings. The molecule has 1 heterocycles. The summed E-state index contributed by atoms with van der Waals surface area (Å²) in [7, 11) is 0. The minimum atomic E-state index is -0.723. The maximum absolute atomic E-state index is 9.92. The summed E-state index contributed by atoms with van der Waals surface area (Å²) < 4.78 is 5.15. The Labute approximate surface area is 111 Å². The monoisotopic (exact) mass is 264 g/mol. The highest BCUT2D eigenvalue weighted by atomic mass is 32.1. The molecule has 0 amide bonds. The molecule has 3 N–H and O–H groups in total. The van der Waals surface area contributed by atoms with Gasteiger partial charge < -0.3 is 19.8 Å². The van der Waals surface area contributed by atoms with E-state index in [1.54, 1.807) is 6.20 Å². The van der Waals surface area contributed by atoms with E-state index in [0.29, 0.717) is 12.3 Å². The van der Waals surface area contributed by atoms with E-state index in [-0.39, 0.29) is 4.84 Å². The molecule has 1 aromatic heterocycles. The smallest absolute Gasteiger partial charge is 0.266 e. The van der Waals surface area contributed by atoms with Gasteiger partial charge >= 0.3 is 0 Å². The molecule has 0 saturated heterocycles. The molecule has 1 unspecified atom stereocenters. The Morgan fingerprint density at radius 2 is 2.22 bits per heavy atom. The molecule has 1 atom stereocenters. The average Bonchev–Trinajstić information content (AvgIpc) is 2.74. The Bertz CT molecular complexity index is 589. The van der Waals surface area contributed by atoms with Crippen LogP contribution >= 0.6 is 12.2 Å². The van der Waals surface area contributed by atoms with E-state index < -0.39 is 6.10 Å². The topological polar surface area (TPSA) is 61.2 Å². The van der Waals surface area contributed by atoms with E-state index in [0.717, 1.165) is 11.3 Å². The van der Waals surface area contributed by atoms with Crippen molar-refractivity contribution in [3.05, 3.63) is 46.1 Å². The van der Waals surface area contributed by atoms with Gasteiger partial charge in [0.1, 0.15) is 6.10 Å². The zero-order valence-electron chi connectivity index (χ0n) is 10.4. The van der Waals surface area contributed by atoms with Gasteiger partial charge in [0.2, 0.25) is 0 Å². The summed E-state index contributed by atoms with van der Waals surface area (Å²) in [6.45, 7) is 4.46. The number of aryl methyl sites for hydroxylation is 2. The van der Waals surface area contributed by atoms with E-state index in [2.05, 4.69) is 23.3 Å². The van der Waals surface area contributed by atoms with Crippen molar-refractivity contribution in [3.8, 4) is 0 Å². The van der Waals surface area contributed by atoms with Crippen molar-refractivity contribution in [1.29, 1.82) is 0 Å². The van der Waals surface area contributed by atoms with Gasteiger partial charge in [-0.05, 0) is 37.7 Å². The van der Waals surface area contributed by atoms with Gasteiger partial charge in [-0.15, -0.1) is 0 Å². The number of aromatic nitrogens is 1. The van der Waals surface area contributed by atoms with Gasteiger partial charge in [-0.3, -0.25) is 0 Å². The standard InChI is InChI=1S/C13H16N2O2S/c1-8-3-4-10(9(2)5-8)14-6-11(16)12-7-15-13(18)17-12/h3-5,7,11,14,16H,6H2,1-2H3,(H,15,18). The molecule has 0 aliphatic heterocycles. The fourth-order valence-electron chi connectivity index (χ4n) is 1.78. The van der Waals surface area contributed by atoms with Gasteiger partial charge in [-0.25, -0.2) is 0 Å². The van der Waals surface area contributed by atoms with Gasteiger partial charge in [-0.2, -0.15) is 0 Å². The number of aliphatic hydroxyl groups excluding tert-OH is 1. The quantitative estimate of drug-likeness (QED) is 0.743. The van der Waals surface area contributed by atoms with E-state index in [1.807, 2.05) is 19.1 Å². The first-order chi connectivity index (χ1) is 8.56. The van der Waals surface area contributed by atoms with Crippen molar-refractivity contribution < 1.29 is 9.52 Å². The summed E-state index contributed by atoms with van der Waals surface area (Å²) >= 11 is 4.81. The normalized spacial score (nSPS) is 12.4. The van der Waals surface area contributed by atoms with Gasteiger partial charge in [0.15, 0.2) is 5.76 Å². The number of rotatable bonds is 4. The molecule has 0 aliphatic carbocycles. The highest BCUT2D eigenvalue weighted by Gasteiger charge is 2.11.